The number of hydrogen-bond acceptors (Lipinski definition) is 0. The van der Waals surface area contributed by atoms with E-state index in [0.29, 0.717) is 5.41 Å². The summed E-state index contributed by atoms with van der Waals surface area (Å²) in [7, 11) is 0. The molecule has 0 aromatic heterocycles. The maximum Gasteiger partial charge on any atom is -0.0349 e. The molecule has 1 aliphatic carbocycles. The molecule has 0 saturated heterocycles. The summed E-state index contributed by atoms with van der Waals surface area (Å²) >= 11 is 0. The third-order valence-corrected chi connectivity index (χ3v) is 3.27. The van der Waals surface area contributed by atoms with E-state index in [1.807, 2.05) is 0 Å². The molecule has 0 nitrogen and oxygen atoms in total. The Labute approximate surface area is 84.1 Å². The molecule has 0 spiro atoms. The maximum absolute atomic E-state index is 2.44. The van der Waals surface area contributed by atoms with Crippen LogP contribution in [-0.2, 0) is 0 Å². The molecule has 78 valence electrons. The van der Waals surface area contributed by atoms with E-state index in [-0.39, 0.29) is 0 Å². The van der Waals surface area contributed by atoms with E-state index in [2.05, 4.69) is 34.6 Å². The van der Waals surface area contributed by atoms with Crippen molar-refractivity contribution in [1.82, 2.24) is 0 Å². The molecule has 0 aromatic rings. The SMILES string of the molecule is CC(C)CC(C)(C)CC1CC(C)C1. The molecule has 1 rings (SSSR count). The van der Waals surface area contributed by atoms with Gasteiger partial charge in [0.15, 0.2) is 0 Å². The Morgan fingerprint density at radius 1 is 1.23 bits per heavy atom. The van der Waals surface area contributed by atoms with Gasteiger partial charge in [-0.1, -0.05) is 34.6 Å². The Balaban J connectivity index is 2.25. The first-order valence-electron chi connectivity index (χ1n) is 5.89. The molecule has 0 aromatic carbocycles. The molecular weight excluding hydrogens is 156 g/mol. The van der Waals surface area contributed by atoms with Crippen molar-refractivity contribution in [2.75, 3.05) is 0 Å². The zero-order valence-corrected chi connectivity index (χ0v) is 10.1. The Hall–Kier alpha value is 0. The molecule has 1 aliphatic rings. The van der Waals surface area contributed by atoms with Crippen LogP contribution in [0.5, 0.6) is 0 Å². The van der Waals surface area contributed by atoms with Gasteiger partial charge in [-0.2, -0.15) is 0 Å². The lowest BCUT2D eigenvalue weighted by Gasteiger charge is -2.39. The maximum atomic E-state index is 2.44. The molecule has 0 N–H and O–H groups in total. The normalized spacial score (nSPS) is 29.1. The van der Waals surface area contributed by atoms with Gasteiger partial charge >= 0.3 is 0 Å². The summed E-state index contributed by atoms with van der Waals surface area (Å²) in [6.45, 7) is 11.9. The van der Waals surface area contributed by atoms with Gasteiger partial charge in [-0.25, -0.2) is 0 Å². The van der Waals surface area contributed by atoms with E-state index in [0.717, 1.165) is 17.8 Å². The third-order valence-electron chi connectivity index (χ3n) is 3.27. The standard InChI is InChI=1S/C13H26/c1-10(2)8-13(4,5)9-12-6-11(3)7-12/h10-12H,6-9H2,1-5H3. The van der Waals surface area contributed by atoms with Crippen molar-refractivity contribution in [1.29, 1.82) is 0 Å². The summed E-state index contributed by atoms with van der Waals surface area (Å²) in [6.07, 6.45) is 5.82. The van der Waals surface area contributed by atoms with Crippen molar-refractivity contribution in [2.45, 2.75) is 60.3 Å². The van der Waals surface area contributed by atoms with Crippen LogP contribution in [0.25, 0.3) is 0 Å². The molecule has 0 aliphatic heterocycles. The topological polar surface area (TPSA) is 0 Å². The molecule has 13 heavy (non-hydrogen) atoms. The van der Waals surface area contributed by atoms with Crippen molar-refractivity contribution in [2.24, 2.45) is 23.2 Å². The van der Waals surface area contributed by atoms with Crippen LogP contribution in [0.4, 0.5) is 0 Å². The fourth-order valence-electron chi connectivity index (χ4n) is 3.21. The highest BCUT2D eigenvalue weighted by Crippen LogP contribution is 2.43. The molecule has 0 amide bonds. The van der Waals surface area contributed by atoms with Gasteiger partial charge in [0, 0.05) is 0 Å². The van der Waals surface area contributed by atoms with Crippen LogP contribution in [0.2, 0.25) is 0 Å². The van der Waals surface area contributed by atoms with Crippen molar-refractivity contribution in [3.05, 3.63) is 0 Å². The molecule has 1 saturated carbocycles. The quantitative estimate of drug-likeness (QED) is 0.600. The number of rotatable bonds is 4. The Kier molecular flexibility index (Phi) is 3.43. The summed E-state index contributed by atoms with van der Waals surface area (Å²) in [4.78, 5) is 0. The van der Waals surface area contributed by atoms with Gasteiger partial charge in [-0.3, -0.25) is 0 Å². The monoisotopic (exact) mass is 182 g/mol. The lowest BCUT2D eigenvalue weighted by atomic mass is 9.67. The van der Waals surface area contributed by atoms with Crippen molar-refractivity contribution >= 4 is 0 Å². The van der Waals surface area contributed by atoms with Gasteiger partial charge in [0.05, 0.1) is 0 Å². The van der Waals surface area contributed by atoms with E-state index in [1.165, 1.54) is 25.7 Å². The van der Waals surface area contributed by atoms with Crippen LogP contribution in [0, 0.1) is 23.2 Å². The van der Waals surface area contributed by atoms with Gasteiger partial charge < -0.3 is 0 Å². The fourth-order valence-corrected chi connectivity index (χ4v) is 3.21. The average Bonchev–Trinajstić information content (AvgIpc) is 1.79. The smallest absolute Gasteiger partial charge is 0.0349 e. The van der Waals surface area contributed by atoms with E-state index < -0.39 is 0 Å². The zero-order chi connectivity index (χ0) is 10.1. The Bertz CT molecular complexity index is 149. The van der Waals surface area contributed by atoms with Crippen molar-refractivity contribution in [3.63, 3.8) is 0 Å². The van der Waals surface area contributed by atoms with Crippen LogP contribution in [0.15, 0.2) is 0 Å². The van der Waals surface area contributed by atoms with Crippen LogP contribution in [0.1, 0.15) is 60.3 Å². The molecule has 0 bridgehead atoms. The number of hydrogen-bond donors (Lipinski definition) is 0. The van der Waals surface area contributed by atoms with Gasteiger partial charge in [0.2, 0.25) is 0 Å². The minimum atomic E-state index is 0.582. The summed E-state index contributed by atoms with van der Waals surface area (Å²) in [6, 6.07) is 0. The molecule has 0 unspecified atom stereocenters. The summed E-state index contributed by atoms with van der Waals surface area (Å²) in [5.74, 6) is 2.91. The first kappa shape index (κ1) is 11.1. The second kappa shape index (κ2) is 4.02. The van der Waals surface area contributed by atoms with Crippen LogP contribution in [-0.4, -0.2) is 0 Å². The first-order chi connectivity index (χ1) is 5.89. The predicted molar refractivity (Wildman–Crippen MR) is 59.7 cm³/mol. The minimum Gasteiger partial charge on any atom is -0.0628 e. The largest absolute Gasteiger partial charge is 0.0628 e. The molecule has 0 radical (unpaired) electrons. The van der Waals surface area contributed by atoms with E-state index >= 15 is 0 Å². The minimum absolute atomic E-state index is 0.582. The molecular formula is C13H26. The van der Waals surface area contributed by atoms with Gasteiger partial charge in [-0.15, -0.1) is 0 Å². The van der Waals surface area contributed by atoms with Gasteiger partial charge in [0.25, 0.3) is 0 Å². The van der Waals surface area contributed by atoms with Crippen molar-refractivity contribution < 1.29 is 0 Å². The molecule has 1 fully saturated rings. The van der Waals surface area contributed by atoms with Gasteiger partial charge in [-0.05, 0) is 48.9 Å². The average molecular weight is 182 g/mol. The highest BCUT2D eigenvalue weighted by atomic mass is 14.4. The highest BCUT2D eigenvalue weighted by molar-refractivity contribution is 4.82. The van der Waals surface area contributed by atoms with Crippen molar-refractivity contribution in [3.8, 4) is 0 Å². The lowest BCUT2D eigenvalue weighted by Crippen LogP contribution is -2.27. The molecule has 0 heteroatoms. The van der Waals surface area contributed by atoms with E-state index in [1.54, 1.807) is 0 Å². The summed E-state index contributed by atoms with van der Waals surface area (Å²) < 4.78 is 0. The highest BCUT2D eigenvalue weighted by Gasteiger charge is 2.31. The Morgan fingerprint density at radius 3 is 2.15 bits per heavy atom. The first-order valence-corrected chi connectivity index (χ1v) is 5.89. The molecule has 0 heterocycles. The van der Waals surface area contributed by atoms with Crippen LogP contribution < -0.4 is 0 Å². The second-order valence-electron chi connectivity index (χ2n) is 6.41. The van der Waals surface area contributed by atoms with Gasteiger partial charge in [0.1, 0.15) is 0 Å². The van der Waals surface area contributed by atoms with Crippen LogP contribution in [0.3, 0.4) is 0 Å². The zero-order valence-electron chi connectivity index (χ0n) is 10.1. The van der Waals surface area contributed by atoms with E-state index in [4.69, 9.17) is 0 Å². The molecule has 0 atom stereocenters. The second-order valence-corrected chi connectivity index (χ2v) is 6.41. The lowest BCUT2D eigenvalue weighted by molar-refractivity contribution is 0.123. The van der Waals surface area contributed by atoms with E-state index in [9.17, 15) is 0 Å². The summed E-state index contributed by atoms with van der Waals surface area (Å²) in [5.41, 5.74) is 0.582. The van der Waals surface area contributed by atoms with Crippen LogP contribution >= 0.6 is 0 Å². The predicted octanol–water partition coefficient (Wildman–Crippen LogP) is 4.49. The summed E-state index contributed by atoms with van der Waals surface area (Å²) in [5, 5.41) is 0. The fraction of sp³-hybridized carbons (Fsp3) is 1.00. The third kappa shape index (κ3) is 3.70. The Morgan fingerprint density at radius 2 is 1.77 bits per heavy atom.